The maximum atomic E-state index is 11.6. The van der Waals surface area contributed by atoms with Crippen molar-refractivity contribution in [3.63, 3.8) is 0 Å². The quantitative estimate of drug-likeness (QED) is 0.931. The SMILES string of the molecule is CS(=O)(=O)NC(=O)[C@H]1C[C@H]1c1ccc(Cl)c(Cl)c1. The Bertz CT molecular complexity index is 600. The van der Waals surface area contributed by atoms with E-state index in [1.807, 2.05) is 4.72 Å². The number of hydrogen-bond donors (Lipinski definition) is 1. The van der Waals surface area contributed by atoms with Crippen molar-refractivity contribution in [1.29, 1.82) is 0 Å². The lowest BCUT2D eigenvalue weighted by Gasteiger charge is -2.03. The fraction of sp³-hybridized carbons (Fsp3) is 0.364. The molecule has 0 unspecified atom stereocenters. The van der Waals surface area contributed by atoms with Crippen LogP contribution in [0.4, 0.5) is 0 Å². The van der Waals surface area contributed by atoms with Crippen molar-refractivity contribution >= 4 is 39.1 Å². The minimum atomic E-state index is -3.50. The second-order valence-electron chi connectivity index (χ2n) is 4.36. The number of benzene rings is 1. The van der Waals surface area contributed by atoms with Gasteiger partial charge in [0.1, 0.15) is 0 Å². The Hall–Kier alpha value is -0.780. The molecule has 2 atom stereocenters. The molecule has 18 heavy (non-hydrogen) atoms. The summed E-state index contributed by atoms with van der Waals surface area (Å²) in [6.07, 6.45) is 1.58. The zero-order chi connectivity index (χ0) is 13.5. The summed E-state index contributed by atoms with van der Waals surface area (Å²) in [4.78, 5) is 11.6. The Labute approximate surface area is 115 Å². The van der Waals surface area contributed by atoms with E-state index in [2.05, 4.69) is 0 Å². The Kier molecular flexibility index (Phi) is 3.58. The predicted octanol–water partition coefficient (Wildman–Crippen LogP) is 2.17. The van der Waals surface area contributed by atoms with Gasteiger partial charge >= 0.3 is 0 Å². The second kappa shape index (κ2) is 4.72. The lowest BCUT2D eigenvalue weighted by atomic mass is 10.1. The van der Waals surface area contributed by atoms with Gasteiger partial charge in [0, 0.05) is 5.92 Å². The molecule has 98 valence electrons. The van der Waals surface area contributed by atoms with Gasteiger partial charge in [-0.1, -0.05) is 29.3 Å². The summed E-state index contributed by atoms with van der Waals surface area (Å²) >= 11 is 11.7. The number of hydrogen-bond acceptors (Lipinski definition) is 3. The van der Waals surface area contributed by atoms with E-state index in [1.54, 1.807) is 18.2 Å². The molecule has 1 aliphatic carbocycles. The molecule has 1 aliphatic rings. The van der Waals surface area contributed by atoms with Crippen LogP contribution in [0.25, 0.3) is 0 Å². The van der Waals surface area contributed by atoms with Gasteiger partial charge in [-0.15, -0.1) is 0 Å². The largest absolute Gasteiger partial charge is 0.274 e. The van der Waals surface area contributed by atoms with Crippen LogP contribution < -0.4 is 4.72 Å². The Balaban J connectivity index is 2.07. The topological polar surface area (TPSA) is 63.2 Å². The van der Waals surface area contributed by atoms with Crippen LogP contribution in [0.2, 0.25) is 10.0 Å². The van der Waals surface area contributed by atoms with E-state index in [0.717, 1.165) is 11.8 Å². The standard InChI is InChI=1S/C11H11Cl2NO3S/c1-18(16,17)14-11(15)8-5-7(8)6-2-3-9(12)10(13)4-6/h2-4,7-8H,5H2,1H3,(H,14,15)/t7-,8-/m0/s1. The van der Waals surface area contributed by atoms with E-state index in [9.17, 15) is 13.2 Å². The maximum absolute atomic E-state index is 11.6. The third-order valence-electron chi connectivity index (χ3n) is 2.79. The fourth-order valence-corrected chi connectivity index (χ4v) is 2.68. The number of nitrogens with one attached hydrogen (secondary N) is 1. The number of sulfonamides is 1. The van der Waals surface area contributed by atoms with Crippen LogP contribution in [0, 0.1) is 5.92 Å². The molecule has 7 heteroatoms. The van der Waals surface area contributed by atoms with E-state index in [0.29, 0.717) is 16.5 Å². The van der Waals surface area contributed by atoms with Crippen LogP contribution in [0.3, 0.4) is 0 Å². The molecule has 1 amide bonds. The van der Waals surface area contributed by atoms with Crippen LogP contribution in [0.1, 0.15) is 17.9 Å². The number of halogens is 2. The first kappa shape index (κ1) is 13.6. The van der Waals surface area contributed by atoms with Gasteiger partial charge in [-0.05, 0) is 30.0 Å². The van der Waals surface area contributed by atoms with Gasteiger partial charge in [0.25, 0.3) is 0 Å². The summed E-state index contributed by atoms with van der Waals surface area (Å²) in [6, 6.07) is 5.18. The zero-order valence-corrected chi connectivity index (χ0v) is 11.8. The average molecular weight is 308 g/mol. The summed E-state index contributed by atoms with van der Waals surface area (Å²) in [6.45, 7) is 0. The maximum Gasteiger partial charge on any atom is 0.237 e. The number of rotatable bonds is 3. The van der Waals surface area contributed by atoms with Crippen LogP contribution in [0.5, 0.6) is 0 Å². The van der Waals surface area contributed by atoms with Crippen molar-refractivity contribution in [2.24, 2.45) is 5.92 Å². The van der Waals surface area contributed by atoms with Gasteiger partial charge in [0.05, 0.1) is 16.3 Å². The fourth-order valence-electron chi connectivity index (χ4n) is 1.85. The van der Waals surface area contributed by atoms with E-state index < -0.39 is 15.9 Å². The van der Waals surface area contributed by atoms with E-state index in [-0.39, 0.29) is 11.8 Å². The highest BCUT2D eigenvalue weighted by molar-refractivity contribution is 7.89. The molecule has 1 aromatic carbocycles. The third-order valence-corrected chi connectivity index (χ3v) is 4.10. The van der Waals surface area contributed by atoms with Gasteiger partial charge in [0.15, 0.2) is 0 Å². The Morgan fingerprint density at radius 3 is 2.56 bits per heavy atom. The van der Waals surface area contributed by atoms with E-state index in [1.165, 1.54) is 0 Å². The molecule has 0 saturated heterocycles. The highest BCUT2D eigenvalue weighted by Crippen LogP contribution is 2.48. The molecule has 0 aromatic heterocycles. The normalized spacial score (nSPS) is 22.6. The van der Waals surface area contributed by atoms with Crippen LogP contribution >= 0.6 is 23.2 Å². The molecule has 0 radical (unpaired) electrons. The predicted molar refractivity (Wildman–Crippen MR) is 70.3 cm³/mol. The molecule has 0 bridgehead atoms. The smallest absolute Gasteiger partial charge is 0.237 e. The highest BCUT2D eigenvalue weighted by atomic mass is 35.5. The zero-order valence-electron chi connectivity index (χ0n) is 9.48. The molecule has 1 aromatic rings. The molecule has 2 rings (SSSR count). The number of carbonyl (C=O) groups is 1. The van der Waals surface area contributed by atoms with Crippen LogP contribution in [0.15, 0.2) is 18.2 Å². The number of amides is 1. The molecule has 0 spiro atoms. The summed E-state index contributed by atoms with van der Waals surface area (Å²) in [5, 5.41) is 0.890. The Morgan fingerprint density at radius 1 is 1.33 bits per heavy atom. The van der Waals surface area contributed by atoms with Gasteiger partial charge in [-0.25, -0.2) is 8.42 Å². The van der Waals surface area contributed by atoms with Gasteiger partial charge in [-0.2, -0.15) is 0 Å². The molecule has 4 nitrogen and oxygen atoms in total. The van der Waals surface area contributed by atoms with Crippen molar-refractivity contribution in [2.45, 2.75) is 12.3 Å². The third kappa shape index (κ3) is 3.16. The second-order valence-corrected chi connectivity index (χ2v) is 6.92. The van der Waals surface area contributed by atoms with E-state index in [4.69, 9.17) is 23.2 Å². The molecule has 0 aliphatic heterocycles. The molecule has 1 saturated carbocycles. The first-order chi connectivity index (χ1) is 8.28. The van der Waals surface area contributed by atoms with Crippen molar-refractivity contribution in [2.75, 3.05) is 6.26 Å². The van der Waals surface area contributed by atoms with Gasteiger partial charge in [0.2, 0.25) is 15.9 Å². The summed E-state index contributed by atoms with van der Waals surface area (Å²) in [5.41, 5.74) is 0.901. The monoisotopic (exact) mass is 307 g/mol. The lowest BCUT2D eigenvalue weighted by molar-refractivity contribution is -0.120. The Morgan fingerprint density at radius 2 is 2.00 bits per heavy atom. The minimum absolute atomic E-state index is 0.0153. The molecule has 1 fully saturated rings. The van der Waals surface area contributed by atoms with Crippen molar-refractivity contribution in [1.82, 2.24) is 4.72 Å². The van der Waals surface area contributed by atoms with Crippen molar-refractivity contribution in [3.8, 4) is 0 Å². The molecule has 1 N–H and O–H groups in total. The molecular weight excluding hydrogens is 297 g/mol. The lowest BCUT2D eigenvalue weighted by Crippen LogP contribution is -2.30. The summed E-state index contributed by atoms with van der Waals surface area (Å²) < 4.78 is 23.9. The van der Waals surface area contributed by atoms with Gasteiger partial charge < -0.3 is 0 Å². The van der Waals surface area contributed by atoms with Crippen LogP contribution in [-0.2, 0) is 14.8 Å². The molecule has 0 heterocycles. The van der Waals surface area contributed by atoms with Crippen molar-refractivity contribution < 1.29 is 13.2 Å². The number of carbonyl (C=O) groups excluding carboxylic acids is 1. The van der Waals surface area contributed by atoms with Crippen LogP contribution in [-0.4, -0.2) is 20.6 Å². The van der Waals surface area contributed by atoms with Crippen molar-refractivity contribution in [3.05, 3.63) is 33.8 Å². The average Bonchev–Trinajstić information content (AvgIpc) is 2.99. The summed E-state index contributed by atoms with van der Waals surface area (Å²) in [5.74, 6) is -0.757. The van der Waals surface area contributed by atoms with E-state index >= 15 is 0 Å². The van der Waals surface area contributed by atoms with Gasteiger partial charge in [-0.3, -0.25) is 9.52 Å². The first-order valence-electron chi connectivity index (χ1n) is 5.24. The minimum Gasteiger partial charge on any atom is -0.274 e. The highest BCUT2D eigenvalue weighted by Gasteiger charge is 2.44. The molecular formula is C11H11Cl2NO3S. The summed E-state index contributed by atoms with van der Waals surface area (Å²) in [7, 11) is -3.50. The first-order valence-corrected chi connectivity index (χ1v) is 7.89.